The highest BCUT2D eigenvalue weighted by Gasteiger charge is 2.28. The minimum Gasteiger partial charge on any atom is -0.493 e. The summed E-state index contributed by atoms with van der Waals surface area (Å²) in [7, 11) is 1.61. The summed E-state index contributed by atoms with van der Waals surface area (Å²) in [5.41, 5.74) is 1.98. The number of H-pyrrole nitrogens is 1. The molecule has 1 saturated heterocycles. The van der Waals surface area contributed by atoms with Gasteiger partial charge in [-0.15, -0.1) is 0 Å². The van der Waals surface area contributed by atoms with Gasteiger partial charge in [-0.05, 0) is 36.6 Å². The lowest BCUT2D eigenvalue weighted by Gasteiger charge is -2.36. The van der Waals surface area contributed by atoms with Crippen LogP contribution in [0.15, 0.2) is 36.7 Å². The van der Waals surface area contributed by atoms with Crippen molar-refractivity contribution in [2.24, 2.45) is 0 Å². The molecule has 0 unspecified atom stereocenters. The van der Waals surface area contributed by atoms with Crippen LogP contribution >= 0.6 is 0 Å². The summed E-state index contributed by atoms with van der Waals surface area (Å²) in [6.45, 7) is 4.30. The lowest BCUT2D eigenvalue weighted by atomic mass is 10.1. The van der Waals surface area contributed by atoms with E-state index in [9.17, 15) is 9.18 Å². The summed E-state index contributed by atoms with van der Waals surface area (Å²) < 4.78 is 25.6. The molecule has 7 nitrogen and oxygen atoms in total. The average Bonchev–Trinajstić information content (AvgIpc) is 3.20. The van der Waals surface area contributed by atoms with Crippen LogP contribution in [0.5, 0.6) is 11.5 Å². The van der Waals surface area contributed by atoms with Crippen LogP contribution in [0, 0.1) is 5.82 Å². The van der Waals surface area contributed by atoms with Gasteiger partial charge in [0.2, 0.25) is 0 Å². The SMILES string of the molecule is CCCCCOc1cc(N2CCCN(Cc3ccnc4[nH]cc(F)c34)C2=O)ccc1OC. The maximum atomic E-state index is 14.3. The van der Waals surface area contributed by atoms with Crippen LogP contribution in [0.25, 0.3) is 11.0 Å². The number of nitrogens with one attached hydrogen (secondary N) is 1. The fourth-order valence-electron chi connectivity index (χ4n) is 4.07. The number of nitrogens with zero attached hydrogens (tertiary/aromatic N) is 3. The Hall–Kier alpha value is -3.29. The van der Waals surface area contributed by atoms with E-state index in [1.165, 1.54) is 6.20 Å². The highest BCUT2D eigenvalue weighted by molar-refractivity contribution is 5.93. The van der Waals surface area contributed by atoms with Crippen molar-refractivity contribution in [2.45, 2.75) is 39.2 Å². The Morgan fingerprint density at radius 3 is 2.88 bits per heavy atom. The van der Waals surface area contributed by atoms with Crippen molar-refractivity contribution in [3.63, 3.8) is 0 Å². The lowest BCUT2D eigenvalue weighted by Crippen LogP contribution is -2.49. The van der Waals surface area contributed by atoms with E-state index in [-0.39, 0.29) is 11.8 Å². The number of halogens is 1. The van der Waals surface area contributed by atoms with E-state index in [2.05, 4.69) is 16.9 Å². The average molecular weight is 441 g/mol. The van der Waals surface area contributed by atoms with E-state index in [1.807, 2.05) is 18.2 Å². The van der Waals surface area contributed by atoms with Crippen LogP contribution in [-0.4, -0.2) is 47.7 Å². The van der Waals surface area contributed by atoms with E-state index in [0.717, 1.165) is 36.9 Å². The number of fused-ring (bicyclic) bond motifs is 1. The van der Waals surface area contributed by atoms with Crippen molar-refractivity contribution in [3.05, 3.63) is 48.0 Å². The number of urea groups is 1. The van der Waals surface area contributed by atoms with Crippen LogP contribution in [0.2, 0.25) is 0 Å². The summed E-state index contributed by atoms with van der Waals surface area (Å²) in [4.78, 5) is 23.8. The predicted molar refractivity (Wildman–Crippen MR) is 122 cm³/mol. The van der Waals surface area contributed by atoms with Gasteiger partial charge in [0.05, 0.1) is 19.1 Å². The second-order valence-electron chi connectivity index (χ2n) is 7.93. The van der Waals surface area contributed by atoms with E-state index < -0.39 is 0 Å². The molecule has 0 saturated carbocycles. The van der Waals surface area contributed by atoms with Crippen LogP contribution in [0.3, 0.4) is 0 Å². The van der Waals surface area contributed by atoms with Crippen LogP contribution in [0.1, 0.15) is 38.2 Å². The largest absolute Gasteiger partial charge is 0.493 e. The standard InChI is InChI=1S/C24H29FN4O3/c1-3-4-5-13-32-21-14-18(7-8-20(21)31-2)29-12-6-11-28(24(29)30)16-17-9-10-26-23-22(17)19(25)15-27-23/h7-10,14-15H,3-6,11-13,16H2,1-2H3,(H,26,27). The van der Waals surface area contributed by atoms with Crippen molar-refractivity contribution in [1.29, 1.82) is 0 Å². The number of methoxy groups -OCH3 is 1. The molecule has 1 fully saturated rings. The molecule has 1 N–H and O–H groups in total. The van der Waals surface area contributed by atoms with Crippen molar-refractivity contribution in [2.75, 3.05) is 31.7 Å². The second kappa shape index (κ2) is 9.89. The van der Waals surface area contributed by atoms with Gasteiger partial charge in [-0.3, -0.25) is 4.90 Å². The van der Waals surface area contributed by atoms with E-state index in [4.69, 9.17) is 9.47 Å². The number of rotatable bonds is 9. The number of ether oxygens (including phenoxy) is 2. The topological polar surface area (TPSA) is 70.7 Å². The summed E-state index contributed by atoms with van der Waals surface area (Å²) in [5.74, 6) is 0.925. The van der Waals surface area contributed by atoms with Crippen molar-refractivity contribution < 1.29 is 18.7 Å². The Bertz CT molecular complexity index is 1080. The monoisotopic (exact) mass is 440 g/mol. The molecule has 0 aliphatic carbocycles. The molecule has 0 atom stereocenters. The van der Waals surface area contributed by atoms with Gasteiger partial charge in [-0.25, -0.2) is 14.2 Å². The van der Waals surface area contributed by atoms with Gasteiger partial charge in [-0.2, -0.15) is 0 Å². The smallest absolute Gasteiger partial charge is 0.324 e. The number of amides is 2. The third-order valence-electron chi connectivity index (χ3n) is 5.75. The number of hydrogen-bond acceptors (Lipinski definition) is 4. The zero-order valence-corrected chi connectivity index (χ0v) is 18.6. The number of anilines is 1. The fourth-order valence-corrected chi connectivity index (χ4v) is 4.07. The van der Waals surface area contributed by atoms with E-state index in [1.54, 1.807) is 29.2 Å². The van der Waals surface area contributed by atoms with E-state index in [0.29, 0.717) is 48.8 Å². The van der Waals surface area contributed by atoms with Gasteiger partial charge in [0.15, 0.2) is 11.5 Å². The maximum Gasteiger partial charge on any atom is 0.324 e. The van der Waals surface area contributed by atoms with Crippen molar-refractivity contribution in [3.8, 4) is 11.5 Å². The first kappa shape index (κ1) is 21.9. The summed E-state index contributed by atoms with van der Waals surface area (Å²) in [6.07, 6.45) is 6.93. The molecule has 8 heteroatoms. The minimum absolute atomic E-state index is 0.112. The summed E-state index contributed by atoms with van der Waals surface area (Å²) in [6, 6.07) is 7.22. The second-order valence-corrected chi connectivity index (χ2v) is 7.93. The van der Waals surface area contributed by atoms with Crippen molar-refractivity contribution >= 4 is 22.8 Å². The van der Waals surface area contributed by atoms with Crippen LogP contribution < -0.4 is 14.4 Å². The summed E-state index contributed by atoms with van der Waals surface area (Å²) >= 11 is 0. The van der Waals surface area contributed by atoms with Gasteiger partial charge in [0.1, 0.15) is 11.5 Å². The summed E-state index contributed by atoms with van der Waals surface area (Å²) in [5, 5.41) is 0.435. The normalized spacial score (nSPS) is 14.3. The Morgan fingerprint density at radius 1 is 1.19 bits per heavy atom. The first-order valence-corrected chi connectivity index (χ1v) is 11.1. The third kappa shape index (κ3) is 4.49. The molecule has 0 bridgehead atoms. The molecular weight excluding hydrogens is 411 g/mol. The molecule has 0 radical (unpaired) electrons. The van der Waals surface area contributed by atoms with Gasteiger partial charge in [-0.1, -0.05) is 19.8 Å². The molecule has 1 aliphatic heterocycles. The number of aromatic nitrogens is 2. The molecule has 170 valence electrons. The minimum atomic E-state index is -0.357. The number of pyridine rings is 1. The third-order valence-corrected chi connectivity index (χ3v) is 5.75. The number of carbonyl (C=O) groups is 1. The first-order chi connectivity index (χ1) is 15.6. The molecule has 0 spiro atoms. The first-order valence-electron chi connectivity index (χ1n) is 11.1. The van der Waals surface area contributed by atoms with Gasteiger partial charge in [0, 0.05) is 43.8 Å². The van der Waals surface area contributed by atoms with Crippen LogP contribution in [0.4, 0.5) is 14.9 Å². The fraction of sp³-hybridized carbons (Fsp3) is 0.417. The number of unbranched alkanes of at least 4 members (excludes halogenated alkanes) is 2. The number of carbonyl (C=O) groups excluding carboxylic acids is 1. The molecular formula is C24H29FN4O3. The Kier molecular flexibility index (Phi) is 6.78. The quantitative estimate of drug-likeness (QED) is 0.469. The molecule has 1 aliphatic rings. The zero-order chi connectivity index (χ0) is 22.5. The Morgan fingerprint density at radius 2 is 2.06 bits per heavy atom. The van der Waals surface area contributed by atoms with Crippen LogP contribution in [-0.2, 0) is 6.54 Å². The molecule has 3 heterocycles. The molecule has 32 heavy (non-hydrogen) atoms. The molecule has 2 aromatic heterocycles. The lowest BCUT2D eigenvalue weighted by molar-refractivity contribution is 0.192. The highest BCUT2D eigenvalue weighted by atomic mass is 19.1. The maximum absolute atomic E-state index is 14.3. The van der Waals surface area contributed by atoms with E-state index >= 15 is 0 Å². The van der Waals surface area contributed by atoms with Gasteiger partial charge in [0.25, 0.3) is 0 Å². The van der Waals surface area contributed by atoms with Crippen molar-refractivity contribution in [1.82, 2.24) is 14.9 Å². The predicted octanol–water partition coefficient (Wildman–Crippen LogP) is 5.11. The zero-order valence-electron chi connectivity index (χ0n) is 18.6. The number of benzene rings is 1. The molecule has 2 amide bonds. The Labute approximate surface area is 187 Å². The van der Waals surface area contributed by atoms with Gasteiger partial charge >= 0.3 is 6.03 Å². The molecule has 4 rings (SSSR count). The number of hydrogen-bond donors (Lipinski definition) is 1. The molecule has 3 aromatic rings. The van der Waals surface area contributed by atoms with Gasteiger partial charge < -0.3 is 19.4 Å². The highest BCUT2D eigenvalue weighted by Crippen LogP contribution is 2.33. The number of aromatic amines is 1. The Balaban J connectivity index is 1.53. The molecule has 1 aromatic carbocycles.